The van der Waals surface area contributed by atoms with Gasteiger partial charge in [-0.3, -0.25) is 0 Å². The number of rotatable bonds is 6. The maximum absolute atomic E-state index is 9.36. The highest BCUT2D eigenvalue weighted by molar-refractivity contribution is 5.40. The smallest absolute Gasteiger partial charge is 0.157 e. The van der Waals surface area contributed by atoms with Crippen molar-refractivity contribution >= 4 is 0 Å². The summed E-state index contributed by atoms with van der Waals surface area (Å²) < 4.78 is 0. The molecule has 0 amide bonds. The van der Waals surface area contributed by atoms with Crippen molar-refractivity contribution in [1.82, 2.24) is 10.2 Å². The molecule has 1 aromatic carbocycles. The van der Waals surface area contributed by atoms with Gasteiger partial charge in [0.05, 0.1) is 0 Å². The summed E-state index contributed by atoms with van der Waals surface area (Å²) in [7, 11) is 0. The summed E-state index contributed by atoms with van der Waals surface area (Å²) in [5, 5.41) is 21.9. The zero-order chi connectivity index (χ0) is 12.8. The van der Waals surface area contributed by atoms with Crippen LogP contribution in [0.5, 0.6) is 11.5 Å². The van der Waals surface area contributed by atoms with Gasteiger partial charge in [0.15, 0.2) is 11.5 Å². The molecule has 1 aromatic rings. The van der Waals surface area contributed by atoms with E-state index in [0.717, 1.165) is 25.1 Å². The summed E-state index contributed by atoms with van der Waals surface area (Å²) in [6, 6.07) is 4.95. The Kier molecular flexibility index (Phi) is 4.84. The topological polar surface area (TPSA) is 55.7 Å². The van der Waals surface area contributed by atoms with Crippen LogP contribution in [0.1, 0.15) is 24.8 Å². The van der Waals surface area contributed by atoms with Gasteiger partial charge in [-0.2, -0.15) is 0 Å². The highest BCUT2D eigenvalue weighted by Crippen LogP contribution is 2.24. The monoisotopic (exact) mass is 250 g/mol. The summed E-state index contributed by atoms with van der Waals surface area (Å²) >= 11 is 0. The summed E-state index contributed by atoms with van der Waals surface area (Å²) in [4.78, 5) is 2.51. The first kappa shape index (κ1) is 13.2. The first-order valence-corrected chi connectivity index (χ1v) is 6.69. The molecule has 1 aliphatic heterocycles. The molecule has 18 heavy (non-hydrogen) atoms. The van der Waals surface area contributed by atoms with Gasteiger partial charge in [0.25, 0.3) is 0 Å². The van der Waals surface area contributed by atoms with Gasteiger partial charge in [-0.1, -0.05) is 6.07 Å². The standard InChI is InChI=1S/C14H22N2O2/c17-13-5-4-12(10-14(13)18)11-15-6-3-9-16-7-1-2-8-16/h4-5,10,15,17-18H,1-3,6-9,11H2. The third-order valence-corrected chi connectivity index (χ3v) is 3.40. The third-order valence-electron chi connectivity index (χ3n) is 3.40. The maximum Gasteiger partial charge on any atom is 0.157 e. The van der Waals surface area contributed by atoms with Crippen molar-refractivity contribution in [3.63, 3.8) is 0 Å². The largest absolute Gasteiger partial charge is 0.504 e. The van der Waals surface area contributed by atoms with Crippen LogP contribution in [-0.2, 0) is 6.54 Å². The zero-order valence-corrected chi connectivity index (χ0v) is 10.7. The number of phenols is 2. The first-order chi connectivity index (χ1) is 8.75. The summed E-state index contributed by atoms with van der Waals surface area (Å²) in [6.45, 7) is 5.40. The Labute approximate surface area is 108 Å². The summed E-state index contributed by atoms with van der Waals surface area (Å²) in [6.07, 6.45) is 3.85. The lowest BCUT2D eigenvalue weighted by atomic mass is 10.2. The van der Waals surface area contributed by atoms with E-state index in [1.807, 2.05) is 6.07 Å². The van der Waals surface area contributed by atoms with Crippen LogP contribution in [0.2, 0.25) is 0 Å². The van der Waals surface area contributed by atoms with Crippen LogP contribution < -0.4 is 5.32 Å². The van der Waals surface area contributed by atoms with Crippen LogP contribution in [0, 0.1) is 0 Å². The van der Waals surface area contributed by atoms with Crippen LogP contribution in [0.4, 0.5) is 0 Å². The Hall–Kier alpha value is -1.26. The maximum atomic E-state index is 9.36. The van der Waals surface area contributed by atoms with Gasteiger partial charge in [0.1, 0.15) is 0 Å². The normalized spacial score (nSPS) is 16.2. The quantitative estimate of drug-likeness (QED) is 0.531. The second kappa shape index (κ2) is 6.61. The molecule has 0 bridgehead atoms. The van der Waals surface area contributed by atoms with Gasteiger partial charge in [0.2, 0.25) is 0 Å². The molecule has 100 valence electrons. The van der Waals surface area contributed by atoms with Crippen molar-refractivity contribution in [2.24, 2.45) is 0 Å². The number of hydrogen-bond donors (Lipinski definition) is 3. The van der Waals surface area contributed by atoms with Gasteiger partial charge in [-0.15, -0.1) is 0 Å². The van der Waals surface area contributed by atoms with E-state index in [9.17, 15) is 10.2 Å². The molecule has 0 radical (unpaired) electrons. The molecule has 2 rings (SSSR count). The van der Waals surface area contributed by atoms with E-state index in [1.54, 1.807) is 6.07 Å². The van der Waals surface area contributed by atoms with Crippen molar-refractivity contribution in [3.05, 3.63) is 23.8 Å². The van der Waals surface area contributed by atoms with E-state index in [4.69, 9.17) is 0 Å². The minimum absolute atomic E-state index is 0.0497. The summed E-state index contributed by atoms with van der Waals surface area (Å²) in [5.74, 6) is -0.112. The van der Waals surface area contributed by atoms with Crippen LogP contribution in [-0.4, -0.2) is 41.3 Å². The second-order valence-corrected chi connectivity index (χ2v) is 4.90. The molecule has 1 fully saturated rings. The number of benzene rings is 1. The molecule has 4 nitrogen and oxygen atoms in total. The number of likely N-dealkylation sites (tertiary alicyclic amines) is 1. The molecule has 0 unspecified atom stereocenters. The Morgan fingerprint density at radius 3 is 2.61 bits per heavy atom. The number of phenolic OH excluding ortho intramolecular Hbond substituents is 2. The lowest BCUT2D eigenvalue weighted by Gasteiger charge is -2.14. The Balaban J connectivity index is 1.61. The predicted octanol–water partition coefficient (Wildman–Crippen LogP) is 1.67. The van der Waals surface area contributed by atoms with Crippen molar-refractivity contribution in [3.8, 4) is 11.5 Å². The fourth-order valence-electron chi connectivity index (χ4n) is 2.35. The Morgan fingerprint density at radius 2 is 1.89 bits per heavy atom. The SMILES string of the molecule is Oc1ccc(CNCCCN2CCCC2)cc1O. The van der Waals surface area contributed by atoms with E-state index in [1.165, 1.54) is 38.5 Å². The lowest BCUT2D eigenvalue weighted by molar-refractivity contribution is 0.331. The van der Waals surface area contributed by atoms with Gasteiger partial charge >= 0.3 is 0 Å². The van der Waals surface area contributed by atoms with E-state index in [2.05, 4.69) is 10.2 Å². The molecular formula is C14H22N2O2. The predicted molar refractivity (Wildman–Crippen MR) is 71.8 cm³/mol. The zero-order valence-electron chi connectivity index (χ0n) is 10.7. The number of nitrogens with one attached hydrogen (secondary N) is 1. The summed E-state index contributed by atoms with van der Waals surface area (Å²) in [5.41, 5.74) is 0.992. The van der Waals surface area contributed by atoms with E-state index in [0.29, 0.717) is 0 Å². The van der Waals surface area contributed by atoms with Gasteiger partial charge in [-0.25, -0.2) is 0 Å². The van der Waals surface area contributed by atoms with Crippen molar-refractivity contribution in [1.29, 1.82) is 0 Å². The second-order valence-electron chi connectivity index (χ2n) is 4.90. The van der Waals surface area contributed by atoms with E-state index in [-0.39, 0.29) is 11.5 Å². The van der Waals surface area contributed by atoms with Crippen molar-refractivity contribution in [2.75, 3.05) is 26.2 Å². The lowest BCUT2D eigenvalue weighted by Crippen LogP contribution is -2.24. The molecular weight excluding hydrogens is 228 g/mol. The number of nitrogens with zero attached hydrogens (tertiary/aromatic N) is 1. The fourth-order valence-corrected chi connectivity index (χ4v) is 2.35. The highest BCUT2D eigenvalue weighted by Gasteiger charge is 2.09. The molecule has 1 saturated heterocycles. The average molecular weight is 250 g/mol. The molecule has 4 heteroatoms. The number of aromatic hydroxyl groups is 2. The van der Waals surface area contributed by atoms with Gasteiger partial charge < -0.3 is 20.4 Å². The van der Waals surface area contributed by atoms with Crippen LogP contribution in [0.25, 0.3) is 0 Å². The van der Waals surface area contributed by atoms with E-state index < -0.39 is 0 Å². The minimum atomic E-state index is -0.0622. The fraction of sp³-hybridized carbons (Fsp3) is 0.571. The average Bonchev–Trinajstić information content (AvgIpc) is 2.86. The first-order valence-electron chi connectivity index (χ1n) is 6.69. The Morgan fingerprint density at radius 1 is 1.11 bits per heavy atom. The molecule has 0 saturated carbocycles. The molecule has 0 atom stereocenters. The van der Waals surface area contributed by atoms with Crippen LogP contribution in [0.3, 0.4) is 0 Å². The molecule has 1 heterocycles. The van der Waals surface area contributed by atoms with Gasteiger partial charge in [0, 0.05) is 6.54 Å². The third kappa shape index (κ3) is 3.89. The molecule has 1 aliphatic rings. The molecule has 3 N–H and O–H groups in total. The van der Waals surface area contributed by atoms with E-state index >= 15 is 0 Å². The molecule has 0 aromatic heterocycles. The molecule has 0 spiro atoms. The highest BCUT2D eigenvalue weighted by atomic mass is 16.3. The van der Waals surface area contributed by atoms with Gasteiger partial charge in [-0.05, 0) is 63.1 Å². The Bertz CT molecular complexity index is 376. The number of hydrogen-bond acceptors (Lipinski definition) is 4. The van der Waals surface area contributed by atoms with Crippen molar-refractivity contribution in [2.45, 2.75) is 25.8 Å². The molecule has 0 aliphatic carbocycles. The van der Waals surface area contributed by atoms with Crippen LogP contribution >= 0.6 is 0 Å². The van der Waals surface area contributed by atoms with Crippen LogP contribution in [0.15, 0.2) is 18.2 Å². The minimum Gasteiger partial charge on any atom is -0.504 e. The van der Waals surface area contributed by atoms with Crippen molar-refractivity contribution < 1.29 is 10.2 Å².